The van der Waals surface area contributed by atoms with E-state index in [-0.39, 0.29) is 0 Å². The molecule has 0 amide bonds. The summed E-state index contributed by atoms with van der Waals surface area (Å²) in [6.45, 7) is 16.5. The number of carboxylic acid groups (broad SMARTS) is 1. The van der Waals surface area contributed by atoms with Crippen LogP contribution in [0.4, 0.5) is 0 Å². The third kappa shape index (κ3) is 3.20. The first-order valence-electron chi connectivity index (χ1n) is 4.60. The number of carbonyl (C=O) groups is 1. The zero-order chi connectivity index (χ0) is 12.2. The van der Waals surface area contributed by atoms with E-state index in [9.17, 15) is 4.79 Å². The molecule has 1 N–H and O–H groups in total. The Labute approximate surface area is 90.7 Å². The molecule has 0 aliphatic heterocycles. The Morgan fingerprint density at radius 1 is 1.40 bits per heavy atom. The van der Waals surface area contributed by atoms with E-state index in [1.807, 2.05) is 20.8 Å². The molecule has 0 spiro atoms. The van der Waals surface area contributed by atoms with Crippen molar-refractivity contribution >= 4 is 12.7 Å². The van der Waals surface area contributed by atoms with Crippen LogP contribution < -0.4 is 0 Å². The van der Waals surface area contributed by atoms with Crippen LogP contribution in [0.25, 0.3) is 0 Å². The van der Waals surface area contributed by atoms with Gasteiger partial charge in [0.2, 0.25) is 0 Å². The van der Waals surface area contributed by atoms with E-state index in [1.165, 1.54) is 10.7 Å². The molecule has 1 atom stereocenters. The number of carboxylic acids is 1. The Kier molecular flexibility index (Phi) is 4.71. The maximum atomic E-state index is 11.1. The molecule has 15 heavy (non-hydrogen) atoms. The molecule has 0 radical (unpaired) electrons. The summed E-state index contributed by atoms with van der Waals surface area (Å²) in [4.78, 5) is 11.1. The first-order valence-corrected chi connectivity index (χ1v) is 4.60. The van der Waals surface area contributed by atoms with Crippen LogP contribution >= 0.6 is 0 Å². The van der Waals surface area contributed by atoms with Gasteiger partial charge in [0.15, 0.2) is 5.70 Å². The summed E-state index contributed by atoms with van der Waals surface area (Å²) in [5, 5.41) is 9.06. The zero-order valence-corrected chi connectivity index (χ0v) is 9.58. The smallest absolute Gasteiger partial charge is 0.378 e. The van der Waals surface area contributed by atoms with Gasteiger partial charge in [-0.3, -0.25) is 0 Å². The Bertz CT molecular complexity index is 347. The van der Waals surface area contributed by atoms with E-state index in [0.717, 1.165) is 11.3 Å². The fraction of sp³-hybridized carbons (Fsp3) is 0.333. The zero-order valence-electron chi connectivity index (χ0n) is 9.58. The maximum Gasteiger partial charge on any atom is 0.378 e. The van der Waals surface area contributed by atoms with Crippen molar-refractivity contribution in [3.8, 4) is 0 Å². The third-order valence-electron chi connectivity index (χ3n) is 2.31. The molecule has 0 aromatic carbocycles. The van der Waals surface area contributed by atoms with Crippen molar-refractivity contribution < 1.29 is 14.5 Å². The summed E-state index contributed by atoms with van der Waals surface area (Å²) in [5.74, 6) is -0.976. The molecule has 0 fully saturated rings. The predicted octanol–water partition coefficient (Wildman–Crippen LogP) is 2.21. The first kappa shape index (κ1) is 13.4. The Morgan fingerprint density at radius 2 is 1.87 bits per heavy atom. The molecule has 0 aromatic rings. The highest BCUT2D eigenvalue weighted by molar-refractivity contribution is 5.77. The average Bonchev–Trinajstić information content (AvgIpc) is 2.15. The van der Waals surface area contributed by atoms with Gasteiger partial charge in [0.25, 0.3) is 6.04 Å². The first-order chi connectivity index (χ1) is 6.82. The van der Waals surface area contributed by atoms with Gasteiger partial charge in [-0.25, -0.2) is 4.79 Å². The number of aliphatic carboxylic acids is 1. The van der Waals surface area contributed by atoms with Crippen molar-refractivity contribution in [3.05, 3.63) is 36.1 Å². The largest absolute Gasteiger partial charge is 0.476 e. The van der Waals surface area contributed by atoms with Crippen molar-refractivity contribution in [2.45, 2.75) is 26.8 Å². The molecule has 0 saturated carbocycles. The third-order valence-corrected chi connectivity index (χ3v) is 2.31. The molecule has 0 saturated heterocycles. The molecule has 1 unspecified atom stereocenters. The van der Waals surface area contributed by atoms with Crippen LogP contribution in [0.2, 0.25) is 0 Å². The van der Waals surface area contributed by atoms with Crippen LogP contribution in [0.1, 0.15) is 20.8 Å². The summed E-state index contributed by atoms with van der Waals surface area (Å²) < 4.78 is 1.45. The molecule has 0 bridgehead atoms. The quantitative estimate of drug-likeness (QED) is 0.427. The summed E-state index contributed by atoms with van der Waals surface area (Å²) in [6, 6.07) is -0.850. The minimum Gasteiger partial charge on any atom is -0.476 e. The highest BCUT2D eigenvalue weighted by Gasteiger charge is 2.30. The Hall–Kier alpha value is -1.64. The van der Waals surface area contributed by atoms with E-state index in [4.69, 9.17) is 5.11 Å². The van der Waals surface area contributed by atoms with Crippen molar-refractivity contribution in [2.75, 3.05) is 0 Å². The highest BCUT2D eigenvalue weighted by atomic mass is 16.4. The number of allylic oxidation sites excluding steroid dienone is 2. The summed E-state index contributed by atoms with van der Waals surface area (Å²) in [6.07, 6.45) is 1.44. The van der Waals surface area contributed by atoms with Gasteiger partial charge in [-0.15, -0.1) is 0 Å². The second kappa shape index (κ2) is 5.29. The fourth-order valence-electron chi connectivity index (χ4n) is 1.08. The monoisotopic (exact) mass is 208 g/mol. The second-order valence-electron chi connectivity index (χ2n) is 3.58. The van der Waals surface area contributed by atoms with Gasteiger partial charge in [0.1, 0.15) is 6.72 Å². The second-order valence-corrected chi connectivity index (χ2v) is 3.58. The van der Waals surface area contributed by atoms with Crippen LogP contribution in [0.15, 0.2) is 36.1 Å². The lowest BCUT2D eigenvalue weighted by Gasteiger charge is -2.11. The minimum absolute atomic E-state index is 0.429. The molecule has 0 aliphatic rings. The van der Waals surface area contributed by atoms with Crippen molar-refractivity contribution in [2.24, 2.45) is 0 Å². The van der Waals surface area contributed by atoms with Crippen LogP contribution in [-0.2, 0) is 4.79 Å². The van der Waals surface area contributed by atoms with E-state index < -0.39 is 12.0 Å². The summed E-state index contributed by atoms with van der Waals surface area (Å²) >= 11 is 0. The highest BCUT2D eigenvalue weighted by Crippen LogP contribution is 2.12. The number of rotatable bonds is 5. The molecule has 0 aliphatic carbocycles. The molecule has 0 heterocycles. The number of hydrogen-bond donors (Lipinski definition) is 1. The van der Waals surface area contributed by atoms with Crippen LogP contribution in [0, 0.1) is 0 Å². The number of nitrogens with zero attached hydrogens (tertiary/aromatic N) is 1. The van der Waals surface area contributed by atoms with Crippen LogP contribution in [0.5, 0.6) is 0 Å². The van der Waals surface area contributed by atoms with E-state index in [2.05, 4.69) is 19.9 Å². The average molecular weight is 208 g/mol. The van der Waals surface area contributed by atoms with Gasteiger partial charge in [0, 0.05) is 12.5 Å². The molecular formula is C12H18NO2+. The van der Waals surface area contributed by atoms with E-state index in [0.29, 0.717) is 5.57 Å². The van der Waals surface area contributed by atoms with Crippen molar-refractivity contribution in [1.29, 1.82) is 0 Å². The number of hydrogen-bond acceptors (Lipinski definition) is 1. The van der Waals surface area contributed by atoms with Crippen molar-refractivity contribution in [3.63, 3.8) is 0 Å². The van der Waals surface area contributed by atoms with Gasteiger partial charge in [-0.2, -0.15) is 4.58 Å². The van der Waals surface area contributed by atoms with Crippen LogP contribution in [-0.4, -0.2) is 28.4 Å². The minimum atomic E-state index is -0.976. The normalized spacial score (nSPS) is 11.4. The lowest BCUT2D eigenvalue weighted by atomic mass is 10.1. The SMILES string of the molecule is C=CC(=C)C(C(=O)O)[N+](=C)C(C)=C(C)C. The fourth-order valence-corrected chi connectivity index (χ4v) is 1.08. The van der Waals surface area contributed by atoms with E-state index >= 15 is 0 Å². The lowest BCUT2D eigenvalue weighted by molar-refractivity contribution is -0.488. The summed E-state index contributed by atoms with van der Waals surface area (Å²) in [7, 11) is 0. The Balaban J connectivity index is 5.22. The van der Waals surface area contributed by atoms with Gasteiger partial charge in [-0.1, -0.05) is 19.2 Å². The van der Waals surface area contributed by atoms with Crippen molar-refractivity contribution in [1.82, 2.24) is 0 Å². The molecular weight excluding hydrogens is 190 g/mol. The van der Waals surface area contributed by atoms with E-state index in [1.54, 1.807) is 0 Å². The van der Waals surface area contributed by atoms with Gasteiger partial charge < -0.3 is 5.11 Å². The predicted molar refractivity (Wildman–Crippen MR) is 62.2 cm³/mol. The van der Waals surface area contributed by atoms with Gasteiger partial charge >= 0.3 is 5.97 Å². The Morgan fingerprint density at radius 3 is 2.13 bits per heavy atom. The summed E-state index contributed by atoms with van der Waals surface area (Å²) in [5.41, 5.74) is 2.27. The van der Waals surface area contributed by atoms with Gasteiger partial charge in [-0.05, 0) is 19.4 Å². The lowest BCUT2D eigenvalue weighted by Crippen LogP contribution is -2.33. The standard InChI is InChI=1S/C12H17NO2/c1-7-9(4)11(12(14)15)13(6)10(5)8(2)3/h7,11H,1,4,6H2,2-3,5H3/p+1. The molecule has 3 heteroatoms. The molecule has 0 aromatic heterocycles. The topological polar surface area (TPSA) is 40.3 Å². The molecule has 3 nitrogen and oxygen atoms in total. The molecule has 82 valence electrons. The van der Waals surface area contributed by atoms with Gasteiger partial charge in [0.05, 0.1) is 0 Å². The molecule has 0 rings (SSSR count). The maximum absolute atomic E-state index is 11.1. The van der Waals surface area contributed by atoms with Crippen LogP contribution in [0.3, 0.4) is 0 Å².